The van der Waals surface area contributed by atoms with Gasteiger partial charge in [-0.2, -0.15) is 4.80 Å². The number of hydrogen-bond acceptors (Lipinski definition) is 5. The van der Waals surface area contributed by atoms with Gasteiger partial charge in [0.25, 0.3) is 0 Å². The molecule has 2 aromatic heterocycles. The predicted molar refractivity (Wildman–Crippen MR) is 58.3 cm³/mol. The van der Waals surface area contributed by atoms with Crippen molar-refractivity contribution in [3.8, 4) is 0 Å². The van der Waals surface area contributed by atoms with Gasteiger partial charge in [0.1, 0.15) is 0 Å². The minimum absolute atomic E-state index is 0.171. The number of aromatic nitrogens is 5. The van der Waals surface area contributed by atoms with Gasteiger partial charge in [0.2, 0.25) is 0 Å². The molecule has 0 radical (unpaired) electrons. The van der Waals surface area contributed by atoms with E-state index in [1.54, 1.807) is 13.2 Å². The van der Waals surface area contributed by atoms with Gasteiger partial charge in [-0.05, 0) is 24.3 Å². The SMILES string of the molecule is CC(NCc1nnn(C)n1)c1ccccn1. The van der Waals surface area contributed by atoms with E-state index in [4.69, 9.17) is 0 Å². The van der Waals surface area contributed by atoms with E-state index >= 15 is 0 Å². The Balaban J connectivity index is 1.91. The molecule has 1 unspecified atom stereocenters. The highest BCUT2D eigenvalue weighted by Gasteiger charge is 2.07. The Labute approximate surface area is 93.7 Å². The first kappa shape index (κ1) is 10.7. The molecule has 6 heteroatoms. The summed E-state index contributed by atoms with van der Waals surface area (Å²) < 4.78 is 0. The summed E-state index contributed by atoms with van der Waals surface area (Å²) >= 11 is 0. The number of nitrogens with one attached hydrogen (secondary N) is 1. The number of rotatable bonds is 4. The topological polar surface area (TPSA) is 68.5 Å². The molecule has 0 aliphatic heterocycles. The van der Waals surface area contributed by atoms with Gasteiger partial charge < -0.3 is 5.32 Å². The van der Waals surface area contributed by atoms with Crippen molar-refractivity contribution < 1.29 is 0 Å². The van der Waals surface area contributed by atoms with E-state index in [1.807, 2.05) is 18.2 Å². The van der Waals surface area contributed by atoms with Crippen molar-refractivity contribution >= 4 is 0 Å². The molecule has 2 aromatic rings. The molecule has 2 rings (SSSR count). The molecule has 0 spiro atoms. The fourth-order valence-corrected chi connectivity index (χ4v) is 1.38. The maximum absolute atomic E-state index is 4.27. The molecule has 0 fully saturated rings. The lowest BCUT2D eigenvalue weighted by Gasteiger charge is -2.10. The minimum Gasteiger partial charge on any atom is -0.302 e. The second-order valence-corrected chi connectivity index (χ2v) is 3.55. The van der Waals surface area contributed by atoms with Crippen LogP contribution in [-0.2, 0) is 13.6 Å². The Bertz CT molecular complexity index is 438. The molecule has 16 heavy (non-hydrogen) atoms. The molecule has 2 heterocycles. The lowest BCUT2D eigenvalue weighted by atomic mass is 10.2. The summed E-state index contributed by atoms with van der Waals surface area (Å²) in [6.07, 6.45) is 1.79. The van der Waals surface area contributed by atoms with Crippen LogP contribution in [0.1, 0.15) is 24.5 Å². The number of pyridine rings is 1. The van der Waals surface area contributed by atoms with Crippen LogP contribution in [0.15, 0.2) is 24.4 Å². The second kappa shape index (κ2) is 4.80. The summed E-state index contributed by atoms with van der Waals surface area (Å²) in [5.41, 5.74) is 1.01. The molecule has 0 aromatic carbocycles. The first-order valence-electron chi connectivity index (χ1n) is 5.13. The predicted octanol–water partition coefficient (Wildman–Crippen LogP) is 0.456. The van der Waals surface area contributed by atoms with Gasteiger partial charge in [0.15, 0.2) is 5.82 Å². The molecular formula is C10H14N6. The molecule has 6 nitrogen and oxygen atoms in total. The zero-order valence-corrected chi connectivity index (χ0v) is 9.33. The maximum Gasteiger partial charge on any atom is 0.188 e. The summed E-state index contributed by atoms with van der Waals surface area (Å²) in [5.74, 6) is 0.685. The summed E-state index contributed by atoms with van der Waals surface area (Å²) in [5, 5.41) is 15.0. The molecular weight excluding hydrogens is 204 g/mol. The molecule has 0 aliphatic rings. The normalized spacial score (nSPS) is 12.6. The second-order valence-electron chi connectivity index (χ2n) is 3.55. The van der Waals surface area contributed by atoms with Gasteiger partial charge in [-0.25, -0.2) is 0 Å². The third kappa shape index (κ3) is 2.60. The summed E-state index contributed by atoms with van der Waals surface area (Å²) in [7, 11) is 1.75. The quantitative estimate of drug-likeness (QED) is 0.807. The molecule has 84 valence electrons. The van der Waals surface area contributed by atoms with E-state index < -0.39 is 0 Å². The smallest absolute Gasteiger partial charge is 0.188 e. The Kier molecular flexibility index (Phi) is 3.21. The van der Waals surface area contributed by atoms with Crippen LogP contribution in [0.2, 0.25) is 0 Å². The van der Waals surface area contributed by atoms with Crippen molar-refractivity contribution in [3.63, 3.8) is 0 Å². The molecule has 0 aliphatic carbocycles. The highest BCUT2D eigenvalue weighted by molar-refractivity contribution is 5.07. The molecule has 0 saturated heterocycles. The lowest BCUT2D eigenvalue weighted by Crippen LogP contribution is -2.19. The third-order valence-electron chi connectivity index (χ3n) is 2.25. The number of aryl methyl sites for hydroxylation is 1. The lowest BCUT2D eigenvalue weighted by molar-refractivity contribution is 0.544. The fraction of sp³-hybridized carbons (Fsp3) is 0.400. The Hall–Kier alpha value is -1.82. The van der Waals surface area contributed by atoms with Crippen LogP contribution < -0.4 is 5.32 Å². The van der Waals surface area contributed by atoms with Crippen LogP contribution in [0.4, 0.5) is 0 Å². The minimum atomic E-state index is 0.171. The molecule has 0 bridgehead atoms. The summed E-state index contributed by atoms with van der Waals surface area (Å²) in [6, 6.07) is 6.04. The monoisotopic (exact) mass is 218 g/mol. The van der Waals surface area contributed by atoms with Gasteiger partial charge in [0, 0.05) is 12.2 Å². The van der Waals surface area contributed by atoms with Crippen LogP contribution >= 0.6 is 0 Å². The molecule has 1 N–H and O–H groups in total. The van der Waals surface area contributed by atoms with Gasteiger partial charge in [-0.1, -0.05) is 6.07 Å². The van der Waals surface area contributed by atoms with Crippen molar-refractivity contribution in [2.45, 2.75) is 19.5 Å². The van der Waals surface area contributed by atoms with E-state index in [2.05, 4.69) is 32.6 Å². The van der Waals surface area contributed by atoms with Crippen molar-refractivity contribution in [1.82, 2.24) is 30.5 Å². The van der Waals surface area contributed by atoms with Crippen molar-refractivity contribution in [2.75, 3.05) is 0 Å². The van der Waals surface area contributed by atoms with Crippen LogP contribution in [0.5, 0.6) is 0 Å². The highest BCUT2D eigenvalue weighted by atomic mass is 15.6. The average molecular weight is 218 g/mol. The first-order valence-corrected chi connectivity index (χ1v) is 5.13. The molecule has 0 amide bonds. The number of tetrazole rings is 1. The molecule has 1 atom stereocenters. The Morgan fingerprint density at radius 3 is 2.94 bits per heavy atom. The largest absolute Gasteiger partial charge is 0.302 e. The van der Waals surface area contributed by atoms with Crippen LogP contribution in [0.3, 0.4) is 0 Å². The fourth-order valence-electron chi connectivity index (χ4n) is 1.38. The highest BCUT2D eigenvalue weighted by Crippen LogP contribution is 2.07. The summed E-state index contributed by atoms with van der Waals surface area (Å²) in [4.78, 5) is 5.72. The maximum atomic E-state index is 4.27. The van der Waals surface area contributed by atoms with Crippen LogP contribution in [0.25, 0.3) is 0 Å². The van der Waals surface area contributed by atoms with Gasteiger partial charge >= 0.3 is 0 Å². The third-order valence-corrected chi connectivity index (χ3v) is 2.25. The Morgan fingerprint density at radius 1 is 1.44 bits per heavy atom. The van der Waals surface area contributed by atoms with Gasteiger partial charge in [-0.3, -0.25) is 4.98 Å². The van der Waals surface area contributed by atoms with E-state index in [9.17, 15) is 0 Å². The van der Waals surface area contributed by atoms with Crippen molar-refractivity contribution in [1.29, 1.82) is 0 Å². The van der Waals surface area contributed by atoms with E-state index in [1.165, 1.54) is 4.80 Å². The van der Waals surface area contributed by atoms with Gasteiger partial charge in [0.05, 0.1) is 19.3 Å². The number of nitrogens with zero attached hydrogens (tertiary/aromatic N) is 5. The van der Waals surface area contributed by atoms with Crippen LogP contribution in [-0.4, -0.2) is 25.2 Å². The standard InChI is InChI=1S/C10H14N6/c1-8(9-5-3-4-6-11-9)12-7-10-13-15-16(2)14-10/h3-6,8,12H,7H2,1-2H3. The van der Waals surface area contributed by atoms with Gasteiger partial charge in [-0.15, -0.1) is 10.2 Å². The first-order chi connectivity index (χ1) is 7.75. The van der Waals surface area contributed by atoms with E-state index in [-0.39, 0.29) is 6.04 Å². The van der Waals surface area contributed by atoms with Crippen molar-refractivity contribution in [2.24, 2.45) is 7.05 Å². The summed E-state index contributed by atoms with van der Waals surface area (Å²) in [6.45, 7) is 2.64. The van der Waals surface area contributed by atoms with Crippen LogP contribution in [0, 0.1) is 0 Å². The number of hydrogen-bond donors (Lipinski definition) is 1. The zero-order valence-electron chi connectivity index (χ0n) is 9.33. The van der Waals surface area contributed by atoms with E-state index in [0.717, 1.165) is 5.69 Å². The zero-order chi connectivity index (χ0) is 11.4. The Morgan fingerprint density at radius 2 is 2.31 bits per heavy atom. The van der Waals surface area contributed by atoms with E-state index in [0.29, 0.717) is 12.4 Å². The average Bonchev–Trinajstić information content (AvgIpc) is 2.73. The molecule has 0 saturated carbocycles. The van der Waals surface area contributed by atoms with Crippen molar-refractivity contribution in [3.05, 3.63) is 35.9 Å².